The topological polar surface area (TPSA) is 37.8 Å². The lowest BCUT2D eigenvalue weighted by Crippen LogP contribution is -2.06. The number of rotatable bonds is 7. The maximum absolute atomic E-state index is 12.7. The second-order valence-electron chi connectivity index (χ2n) is 7.44. The number of aromatic nitrogens is 2. The first-order valence-electron chi connectivity index (χ1n) is 10.2. The maximum Gasteiger partial charge on any atom is 0.416 e. The van der Waals surface area contributed by atoms with Gasteiger partial charge >= 0.3 is 6.18 Å². The van der Waals surface area contributed by atoms with Crippen molar-refractivity contribution in [2.45, 2.75) is 31.1 Å². The summed E-state index contributed by atoms with van der Waals surface area (Å²) in [6.45, 7) is 2.86. The van der Waals surface area contributed by atoms with Crippen LogP contribution in [0.5, 0.6) is 0 Å². The van der Waals surface area contributed by atoms with E-state index >= 15 is 0 Å². The van der Waals surface area contributed by atoms with Crippen molar-refractivity contribution in [1.29, 1.82) is 0 Å². The monoisotopic (exact) mass is 473 g/mol. The van der Waals surface area contributed by atoms with E-state index in [1.165, 1.54) is 34.3 Å². The van der Waals surface area contributed by atoms with E-state index in [4.69, 9.17) is 0 Å². The Hall–Kier alpha value is -2.58. The largest absolute Gasteiger partial charge is 0.416 e. The Kier molecular flexibility index (Phi) is 6.71. The number of anilines is 1. The smallest absolute Gasteiger partial charge is 0.369 e. The highest BCUT2D eigenvalue weighted by atomic mass is 32.2. The predicted molar refractivity (Wildman–Crippen MR) is 128 cm³/mol. The van der Waals surface area contributed by atoms with Crippen LogP contribution < -0.4 is 5.32 Å². The standard InChI is InChI=1S/C24H22F3N3S2/c1-15-14-20-21(29-23(31-2)30-22(20)32-15)28-13-3-4-16-5-7-17(8-6-16)18-9-11-19(12-10-18)24(25,26)27/h5-12,14H,3-4,13H2,1-2H3,(H,28,29,30). The molecule has 0 atom stereocenters. The van der Waals surface area contributed by atoms with Gasteiger partial charge in [-0.15, -0.1) is 11.3 Å². The van der Waals surface area contributed by atoms with Crippen LogP contribution in [-0.4, -0.2) is 22.8 Å². The molecule has 0 spiro atoms. The first kappa shape index (κ1) is 22.6. The number of alkyl halides is 3. The second-order valence-corrected chi connectivity index (χ2v) is 9.45. The zero-order chi connectivity index (χ0) is 22.7. The highest BCUT2D eigenvalue weighted by molar-refractivity contribution is 7.98. The molecule has 0 radical (unpaired) electrons. The van der Waals surface area contributed by atoms with E-state index in [0.717, 1.165) is 63.8 Å². The van der Waals surface area contributed by atoms with Crippen LogP contribution in [0.3, 0.4) is 0 Å². The second kappa shape index (κ2) is 9.50. The fourth-order valence-electron chi connectivity index (χ4n) is 3.46. The van der Waals surface area contributed by atoms with E-state index < -0.39 is 11.7 Å². The quantitative estimate of drug-likeness (QED) is 0.172. The zero-order valence-corrected chi connectivity index (χ0v) is 19.3. The van der Waals surface area contributed by atoms with Crippen molar-refractivity contribution in [3.05, 3.63) is 70.6 Å². The molecule has 0 fully saturated rings. The minimum Gasteiger partial charge on any atom is -0.369 e. The number of nitrogens with zero attached hydrogens (tertiary/aromatic N) is 2. The maximum atomic E-state index is 12.7. The first-order chi connectivity index (χ1) is 15.3. The van der Waals surface area contributed by atoms with Crippen LogP contribution in [0.25, 0.3) is 21.3 Å². The molecule has 0 aliphatic carbocycles. The summed E-state index contributed by atoms with van der Waals surface area (Å²) < 4.78 is 38.2. The van der Waals surface area contributed by atoms with E-state index in [1.807, 2.05) is 30.5 Å². The molecule has 4 rings (SSSR count). The molecule has 2 aromatic heterocycles. The van der Waals surface area contributed by atoms with E-state index in [-0.39, 0.29) is 0 Å². The summed E-state index contributed by atoms with van der Waals surface area (Å²) in [6, 6.07) is 15.4. The van der Waals surface area contributed by atoms with Crippen LogP contribution in [0.4, 0.5) is 19.0 Å². The minimum atomic E-state index is -4.31. The highest BCUT2D eigenvalue weighted by Gasteiger charge is 2.29. The van der Waals surface area contributed by atoms with Gasteiger partial charge in [-0.1, -0.05) is 48.2 Å². The fourth-order valence-corrected chi connectivity index (χ4v) is 4.77. The molecule has 1 N–H and O–H groups in total. The van der Waals surface area contributed by atoms with Gasteiger partial charge in [0.2, 0.25) is 0 Å². The molecular formula is C24H22F3N3S2. The molecule has 32 heavy (non-hydrogen) atoms. The molecule has 0 saturated carbocycles. The third-order valence-electron chi connectivity index (χ3n) is 5.11. The van der Waals surface area contributed by atoms with Crippen LogP contribution in [0, 0.1) is 6.92 Å². The molecule has 0 amide bonds. The number of benzene rings is 2. The number of fused-ring (bicyclic) bond motifs is 1. The molecule has 0 unspecified atom stereocenters. The summed E-state index contributed by atoms with van der Waals surface area (Å²) in [6.07, 6.45) is -0.512. The van der Waals surface area contributed by atoms with Gasteiger partial charge in [0.05, 0.1) is 10.9 Å². The number of thioether (sulfide) groups is 1. The van der Waals surface area contributed by atoms with Gasteiger partial charge < -0.3 is 5.32 Å². The molecule has 0 saturated heterocycles. The van der Waals surface area contributed by atoms with Crippen LogP contribution in [0.1, 0.15) is 22.4 Å². The summed E-state index contributed by atoms with van der Waals surface area (Å²) in [5.74, 6) is 0.876. The van der Waals surface area contributed by atoms with Crippen molar-refractivity contribution in [1.82, 2.24) is 9.97 Å². The van der Waals surface area contributed by atoms with Crippen molar-refractivity contribution in [3.63, 3.8) is 0 Å². The van der Waals surface area contributed by atoms with Crippen molar-refractivity contribution >= 4 is 39.1 Å². The van der Waals surface area contributed by atoms with Crippen molar-refractivity contribution in [2.75, 3.05) is 18.1 Å². The lowest BCUT2D eigenvalue weighted by atomic mass is 10.0. The van der Waals surface area contributed by atoms with Gasteiger partial charge in [-0.05, 0) is 60.9 Å². The number of hydrogen-bond donors (Lipinski definition) is 1. The Morgan fingerprint density at radius 3 is 2.25 bits per heavy atom. The summed E-state index contributed by atoms with van der Waals surface area (Å²) in [5, 5.41) is 5.28. The Morgan fingerprint density at radius 2 is 1.62 bits per heavy atom. The number of thiophene rings is 1. The van der Waals surface area contributed by atoms with E-state index in [1.54, 1.807) is 11.3 Å². The molecule has 0 aliphatic heterocycles. The molecule has 0 bridgehead atoms. The van der Waals surface area contributed by atoms with Gasteiger partial charge in [-0.25, -0.2) is 9.97 Å². The van der Waals surface area contributed by atoms with Gasteiger partial charge in [0.25, 0.3) is 0 Å². The Bertz CT molecular complexity index is 1200. The van der Waals surface area contributed by atoms with Crippen molar-refractivity contribution in [3.8, 4) is 11.1 Å². The summed E-state index contributed by atoms with van der Waals surface area (Å²) in [5.41, 5.74) is 2.23. The molecule has 8 heteroatoms. The summed E-state index contributed by atoms with van der Waals surface area (Å²) in [7, 11) is 0. The Labute approximate surface area is 193 Å². The van der Waals surface area contributed by atoms with Crippen LogP contribution in [0.2, 0.25) is 0 Å². The van der Waals surface area contributed by atoms with Gasteiger partial charge in [-0.3, -0.25) is 0 Å². The minimum absolute atomic E-state index is 0.631. The molecular weight excluding hydrogens is 451 g/mol. The predicted octanol–water partition coefficient (Wildman–Crippen LogP) is 7.45. The number of nitrogens with one attached hydrogen (secondary N) is 1. The van der Waals surface area contributed by atoms with Crippen molar-refractivity contribution in [2.24, 2.45) is 0 Å². The molecule has 2 heterocycles. The molecule has 166 valence electrons. The van der Waals surface area contributed by atoms with Gasteiger partial charge in [0.1, 0.15) is 10.6 Å². The SMILES string of the molecule is CSc1nc(NCCCc2ccc(-c3ccc(C(F)(F)F)cc3)cc2)c2cc(C)sc2n1. The molecule has 3 nitrogen and oxygen atoms in total. The fraction of sp³-hybridized carbons (Fsp3) is 0.250. The number of aryl methyl sites for hydroxylation is 2. The van der Waals surface area contributed by atoms with Crippen LogP contribution in [-0.2, 0) is 12.6 Å². The lowest BCUT2D eigenvalue weighted by Gasteiger charge is -2.09. The molecule has 0 aliphatic rings. The number of hydrogen-bond acceptors (Lipinski definition) is 5. The third kappa shape index (κ3) is 5.24. The van der Waals surface area contributed by atoms with Crippen molar-refractivity contribution < 1.29 is 13.2 Å². The Balaban J connectivity index is 1.35. The number of halogens is 3. The van der Waals surface area contributed by atoms with Crippen LogP contribution in [0.15, 0.2) is 59.8 Å². The van der Waals surface area contributed by atoms with Gasteiger partial charge in [0, 0.05) is 11.4 Å². The Morgan fingerprint density at radius 1 is 0.969 bits per heavy atom. The van der Waals surface area contributed by atoms with E-state index in [9.17, 15) is 13.2 Å². The third-order valence-corrected chi connectivity index (χ3v) is 6.60. The highest BCUT2D eigenvalue weighted by Crippen LogP contribution is 2.32. The lowest BCUT2D eigenvalue weighted by molar-refractivity contribution is -0.137. The first-order valence-corrected chi connectivity index (χ1v) is 12.2. The average molecular weight is 474 g/mol. The molecule has 4 aromatic rings. The van der Waals surface area contributed by atoms with Crippen LogP contribution >= 0.6 is 23.1 Å². The molecule has 2 aromatic carbocycles. The summed E-state index contributed by atoms with van der Waals surface area (Å²) in [4.78, 5) is 11.4. The van der Waals surface area contributed by atoms with Gasteiger partial charge in [-0.2, -0.15) is 13.2 Å². The normalized spacial score (nSPS) is 11.8. The van der Waals surface area contributed by atoms with E-state index in [0.29, 0.717) is 0 Å². The van der Waals surface area contributed by atoms with Gasteiger partial charge in [0.15, 0.2) is 5.16 Å². The summed E-state index contributed by atoms with van der Waals surface area (Å²) >= 11 is 3.21. The van der Waals surface area contributed by atoms with E-state index in [2.05, 4.69) is 28.3 Å². The average Bonchev–Trinajstić information content (AvgIpc) is 3.16. The zero-order valence-electron chi connectivity index (χ0n) is 17.7.